The van der Waals surface area contributed by atoms with Crippen molar-refractivity contribution < 1.29 is 13.7 Å². The summed E-state index contributed by atoms with van der Waals surface area (Å²) < 4.78 is 26.8. The van der Waals surface area contributed by atoms with Gasteiger partial charge in [0.15, 0.2) is 11.5 Å². The van der Waals surface area contributed by atoms with Gasteiger partial charge >= 0.3 is 7.12 Å². The van der Waals surface area contributed by atoms with E-state index < -0.39 is 7.12 Å². The summed E-state index contributed by atoms with van der Waals surface area (Å²) in [5, 5.41) is 0. The maximum atomic E-state index is 13.9. The van der Waals surface area contributed by atoms with E-state index in [9.17, 15) is 4.39 Å². The smallest absolute Gasteiger partial charge is 0.404 e. The van der Waals surface area contributed by atoms with Crippen LogP contribution in [0, 0.1) is 12.7 Å². The minimum atomic E-state index is -0.512. The van der Waals surface area contributed by atoms with Gasteiger partial charge in [-0.1, -0.05) is 0 Å². The fraction of sp³-hybridized carbons (Fsp3) is 0.417. The van der Waals surface area contributed by atoms with Crippen LogP contribution in [-0.4, -0.2) is 28.7 Å². The van der Waals surface area contributed by atoms with Crippen molar-refractivity contribution in [1.82, 2.24) is 9.38 Å². The third-order valence-corrected chi connectivity index (χ3v) is 2.93. The molecule has 3 heterocycles. The van der Waals surface area contributed by atoms with Crippen LogP contribution in [0.1, 0.15) is 19.5 Å². The Hall–Kier alpha value is -1.40. The van der Waals surface area contributed by atoms with Crippen LogP contribution < -0.4 is 5.46 Å². The number of pyridine rings is 1. The number of hydrogen-bond donors (Lipinski definition) is 0. The largest absolute Gasteiger partial charge is 0.496 e. The summed E-state index contributed by atoms with van der Waals surface area (Å²) in [6, 6.07) is 1.42. The molecule has 0 unspecified atom stereocenters. The number of aryl methyl sites for hydroxylation is 1. The van der Waals surface area contributed by atoms with E-state index in [1.807, 2.05) is 20.8 Å². The molecular weight excluding hydrogens is 234 g/mol. The van der Waals surface area contributed by atoms with Gasteiger partial charge in [0.2, 0.25) is 0 Å². The van der Waals surface area contributed by atoms with Crippen LogP contribution in [0.3, 0.4) is 0 Å². The molecule has 0 bridgehead atoms. The van der Waals surface area contributed by atoms with Gasteiger partial charge in [0, 0.05) is 17.9 Å². The van der Waals surface area contributed by atoms with Crippen LogP contribution in [0.15, 0.2) is 18.5 Å². The molecule has 0 radical (unpaired) electrons. The van der Waals surface area contributed by atoms with Crippen molar-refractivity contribution in [2.45, 2.75) is 26.4 Å². The first-order chi connectivity index (χ1) is 8.44. The van der Waals surface area contributed by atoms with E-state index in [2.05, 4.69) is 4.98 Å². The molecule has 18 heavy (non-hydrogen) atoms. The average Bonchev–Trinajstić information content (AvgIpc) is 2.80. The van der Waals surface area contributed by atoms with Crippen LogP contribution in [0.25, 0.3) is 5.65 Å². The fourth-order valence-electron chi connectivity index (χ4n) is 2.13. The summed E-state index contributed by atoms with van der Waals surface area (Å²) in [5.41, 5.74) is 1.44. The number of fused-ring (bicyclic) bond motifs is 1. The molecule has 0 amide bonds. The highest BCUT2D eigenvalue weighted by molar-refractivity contribution is 6.61. The Labute approximate surface area is 105 Å². The quantitative estimate of drug-likeness (QED) is 0.713. The van der Waals surface area contributed by atoms with Crippen LogP contribution in [0.4, 0.5) is 4.39 Å². The zero-order chi connectivity index (χ0) is 12.9. The van der Waals surface area contributed by atoms with Crippen molar-refractivity contribution in [1.29, 1.82) is 0 Å². The highest BCUT2D eigenvalue weighted by atomic mass is 19.1. The highest BCUT2D eigenvalue weighted by Crippen LogP contribution is 2.20. The molecule has 0 spiro atoms. The Balaban J connectivity index is 2.03. The molecule has 1 fully saturated rings. The molecule has 1 aliphatic rings. The van der Waals surface area contributed by atoms with E-state index in [0.717, 1.165) is 5.69 Å². The first kappa shape index (κ1) is 11.7. The first-order valence-corrected chi connectivity index (χ1v) is 5.89. The zero-order valence-corrected chi connectivity index (χ0v) is 10.6. The molecule has 0 aromatic carbocycles. The van der Waals surface area contributed by atoms with E-state index in [-0.39, 0.29) is 11.4 Å². The number of imidazole rings is 1. The van der Waals surface area contributed by atoms with Gasteiger partial charge in [-0.05, 0) is 26.8 Å². The molecule has 0 N–H and O–H groups in total. The van der Waals surface area contributed by atoms with Crippen LogP contribution in [0.5, 0.6) is 0 Å². The van der Waals surface area contributed by atoms with E-state index in [0.29, 0.717) is 17.7 Å². The van der Waals surface area contributed by atoms with Crippen molar-refractivity contribution in [2.75, 3.05) is 6.61 Å². The zero-order valence-electron chi connectivity index (χ0n) is 10.6. The molecule has 2 aromatic heterocycles. The van der Waals surface area contributed by atoms with Crippen LogP contribution >= 0.6 is 0 Å². The minimum absolute atomic E-state index is 0.327. The standard InChI is InChI=1S/C12H14BFN2O2/c1-8-5-16-6-9(4-10(14)11(16)15-8)13-17-7-12(2,3)18-13/h4-6H,7H2,1-3H3. The molecular formula is C12H14BFN2O2. The topological polar surface area (TPSA) is 35.8 Å². The Morgan fingerprint density at radius 1 is 1.44 bits per heavy atom. The lowest BCUT2D eigenvalue weighted by molar-refractivity contribution is 0.137. The lowest BCUT2D eigenvalue weighted by Gasteiger charge is -2.15. The molecule has 1 aliphatic heterocycles. The lowest BCUT2D eigenvalue weighted by atomic mass is 9.80. The van der Waals surface area contributed by atoms with Gasteiger partial charge in [-0.3, -0.25) is 0 Å². The minimum Gasteiger partial charge on any atom is -0.404 e. The van der Waals surface area contributed by atoms with Crippen molar-refractivity contribution in [3.63, 3.8) is 0 Å². The van der Waals surface area contributed by atoms with E-state index >= 15 is 0 Å². The van der Waals surface area contributed by atoms with Gasteiger partial charge in [0.25, 0.3) is 0 Å². The predicted molar refractivity (Wildman–Crippen MR) is 66.4 cm³/mol. The van der Waals surface area contributed by atoms with Crippen LogP contribution in [-0.2, 0) is 9.31 Å². The van der Waals surface area contributed by atoms with E-state index in [1.165, 1.54) is 6.07 Å². The Morgan fingerprint density at radius 2 is 2.22 bits per heavy atom. The summed E-state index contributed by atoms with van der Waals surface area (Å²) in [7, 11) is -0.512. The molecule has 4 nitrogen and oxygen atoms in total. The Bertz CT molecular complexity index is 611. The van der Waals surface area contributed by atoms with Crippen molar-refractivity contribution in [2.24, 2.45) is 0 Å². The van der Waals surface area contributed by atoms with E-state index in [1.54, 1.807) is 16.8 Å². The fourth-order valence-corrected chi connectivity index (χ4v) is 2.13. The maximum Gasteiger partial charge on any atom is 0.496 e. The molecule has 94 valence electrons. The molecule has 1 saturated heterocycles. The van der Waals surface area contributed by atoms with Crippen molar-refractivity contribution in [3.05, 3.63) is 30.0 Å². The number of halogens is 1. The SMILES string of the molecule is Cc1cn2cc(B3OCC(C)(C)O3)cc(F)c2n1. The summed E-state index contributed by atoms with van der Waals surface area (Å²) in [6.07, 6.45) is 3.58. The number of nitrogens with zero attached hydrogens (tertiary/aromatic N) is 2. The predicted octanol–water partition coefficient (Wildman–Crippen LogP) is 1.30. The normalized spacial score (nSPS) is 18.8. The van der Waals surface area contributed by atoms with Gasteiger partial charge in [-0.2, -0.15) is 0 Å². The molecule has 6 heteroatoms. The highest BCUT2D eigenvalue weighted by Gasteiger charge is 2.38. The third kappa shape index (κ3) is 1.91. The van der Waals surface area contributed by atoms with Crippen molar-refractivity contribution in [3.8, 4) is 0 Å². The Morgan fingerprint density at radius 3 is 2.89 bits per heavy atom. The number of hydrogen-bond acceptors (Lipinski definition) is 3. The van der Waals surface area contributed by atoms with Crippen molar-refractivity contribution >= 4 is 18.2 Å². The second-order valence-electron chi connectivity index (χ2n) is 5.26. The molecule has 2 aromatic rings. The third-order valence-electron chi connectivity index (χ3n) is 2.93. The van der Waals surface area contributed by atoms with Gasteiger partial charge in [0.1, 0.15) is 0 Å². The van der Waals surface area contributed by atoms with Gasteiger partial charge in [-0.15, -0.1) is 0 Å². The average molecular weight is 248 g/mol. The molecule has 0 aliphatic carbocycles. The summed E-state index contributed by atoms with van der Waals surface area (Å²) >= 11 is 0. The van der Waals surface area contributed by atoms with Gasteiger partial charge in [-0.25, -0.2) is 9.37 Å². The summed E-state index contributed by atoms with van der Waals surface area (Å²) in [6.45, 7) is 6.23. The molecule has 3 rings (SSSR count). The maximum absolute atomic E-state index is 13.9. The summed E-state index contributed by atoms with van der Waals surface area (Å²) in [4.78, 5) is 4.12. The van der Waals surface area contributed by atoms with E-state index in [4.69, 9.17) is 9.31 Å². The monoisotopic (exact) mass is 248 g/mol. The molecule has 0 atom stereocenters. The van der Waals surface area contributed by atoms with Crippen LogP contribution in [0.2, 0.25) is 0 Å². The second kappa shape index (κ2) is 3.80. The molecule has 0 saturated carbocycles. The lowest BCUT2D eigenvalue weighted by Crippen LogP contribution is -2.35. The number of aromatic nitrogens is 2. The van der Waals surface area contributed by atoms with Gasteiger partial charge in [0.05, 0.1) is 17.9 Å². The first-order valence-electron chi connectivity index (χ1n) is 5.89. The van der Waals surface area contributed by atoms with Gasteiger partial charge < -0.3 is 13.7 Å². The summed E-state index contributed by atoms with van der Waals surface area (Å²) in [5.74, 6) is -0.363. The Kier molecular flexibility index (Phi) is 2.46. The second-order valence-corrected chi connectivity index (χ2v) is 5.26. The number of rotatable bonds is 1.